The van der Waals surface area contributed by atoms with Crippen molar-refractivity contribution >= 4 is 27.6 Å². The lowest BCUT2D eigenvalue weighted by molar-refractivity contribution is -0.150. The van der Waals surface area contributed by atoms with Crippen LogP contribution in [0.2, 0.25) is 0 Å². The SMILES string of the molecule is C=S(C)(=O)NOC(=O)[C@@H](NC(=O)OC(C)(C)C)C(C)C. The van der Waals surface area contributed by atoms with Crippen LogP contribution in [0.5, 0.6) is 0 Å². The van der Waals surface area contributed by atoms with Gasteiger partial charge in [-0.1, -0.05) is 18.7 Å². The summed E-state index contributed by atoms with van der Waals surface area (Å²) in [4.78, 5) is 30.2. The monoisotopic (exact) mass is 308 g/mol. The zero-order valence-electron chi connectivity index (χ0n) is 12.8. The molecule has 20 heavy (non-hydrogen) atoms. The first kappa shape index (κ1) is 18.7. The van der Waals surface area contributed by atoms with E-state index in [0.717, 1.165) is 0 Å². The van der Waals surface area contributed by atoms with Crippen LogP contribution in [-0.4, -0.2) is 40.0 Å². The number of amides is 1. The molecule has 0 spiro atoms. The molecule has 0 aliphatic carbocycles. The van der Waals surface area contributed by atoms with Gasteiger partial charge < -0.3 is 14.9 Å². The van der Waals surface area contributed by atoms with Gasteiger partial charge >= 0.3 is 12.1 Å². The molecule has 0 saturated heterocycles. The molecule has 0 aromatic heterocycles. The maximum atomic E-state index is 11.8. The number of alkyl carbamates (subject to hydrolysis) is 1. The number of carbonyl (C=O) groups is 2. The van der Waals surface area contributed by atoms with Gasteiger partial charge in [-0.25, -0.2) is 9.59 Å². The molecule has 0 aromatic carbocycles. The predicted molar refractivity (Wildman–Crippen MR) is 78.4 cm³/mol. The average molecular weight is 308 g/mol. The van der Waals surface area contributed by atoms with Crippen LogP contribution in [0, 0.1) is 5.92 Å². The third-order valence-corrected chi connectivity index (χ3v) is 2.35. The van der Waals surface area contributed by atoms with Gasteiger partial charge in [-0.2, -0.15) is 0 Å². The lowest BCUT2D eigenvalue weighted by Gasteiger charge is -2.24. The summed E-state index contributed by atoms with van der Waals surface area (Å²) in [6.45, 7) is 8.61. The van der Waals surface area contributed by atoms with Gasteiger partial charge in [0.25, 0.3) is 0 Å². The molecule has 0 aliphatic heterocycles. The fraction of sp³-hybridized carbons (Fsp3) is 0.750. The zero-order chi connectivity index (χ0) is 16.1. The molecule has 118 valence electrons. The minimum atomic E-state index is -2.67. The highest BCUT2D eigenvalue weighted by Gasteiger charge is 2.28. The van der Waals surface area contributed by atoms with Crippen molar-refractivity contribution in [3.05, 3.63) is 0 Å². The first-order valence-corrected chi connectivity index (χ1v) is 8.24. The third-order valence-electron chi connectivity index (χ3n) is 1.91. The average Bonchev–Trinajstić information content (AvgIpc) is 2.18. The van der Waals surface area contributed by atoms with E-state index in [1.807, 2.05) is 0 Å². The molecule has 7 nitrogen and oxygen atoms in total. The molecule has 1 unspecified atom stereocenters. The third kappa shape index (κ3) is 8.76. The van der Waals surface area contributed by atoms with E-state index in [2.05, 4.69) is 20.9 Å². The highest BCUT2D eigenvalue weighted by molar-refractivity contribution is 7.97. The highest BCUT2D eigenvalue weighted by Crippen LogP contribution is 2.09. The number of hydrogen-bond acceptors (Lipinski definition) is 5. The van der Waals surface area contributed by atoms with Gasteiger partial charge in [0.1, 0.15) is 11.6 Å². The molecule has 2 atom stereocenters. The molecular weight excluding hydrogens is 284 g/mol. The van der Waals surface area contributed by atoms with E-state index in [9.17, 15) is 13.8 Å². The van der Waals surface area contributed by atoms with Gasteiger partial charge in [-0.05, 0) is 32.6 Å². The molecule has 0 rings (SSSR count). The normalized spacial score (nSPS) is 16.1. The Morgan fingerprint density at radius 1 is 1.25 bits per heavy atom. The summed E-state index contributed by atoms with van der Waals surface area (Å²) in [5.41, 5.74) is -0.668. The van der Waals surface area contributed by atoms with Crippen molar-refractivity contribution in [1.29, 1.82) is 0 Å². The van der Waals surface area contributed by atoms with Gasteiger partial charge in [0.05, 0.1) is 9.71 Å². The molecule has 0 radical (unpaired) electrons. The van der Waals surface area contributed by atoms with Crippen LogP contribution >= 0.6 is 0 Å². The Balaban J connectivity index is 4.65. The van der Waals surface area contributed by atoms with Crippen LogP contribution in [0.4, 0.5) is 4.79 Å². The second-order valence-corrected chi connectivity index (χ2v) is 8.05. The van der Waals surface area contributed by atoms with Crippen molar-refractivity contribution in [3.8, 4) is 0 Å². The minimum Gasteiger partial charge on any atom is -0.444 e. The van der Waals surface area contributed by atoms with Gasteiger partial charge in [0.15, 0.2) is 0 Å². The summed E-state index contributed by atoms with van der Waals surface area (Å²) >= 11 is 0. The van der Waals surface area contributed by atoms with E-state index >= 15 is 0 Å². The molecule has 8 heteroatoms. The zero-order valence-corrected chi connectivity index (χ0v) is 13.6. The fourth-order valence-corrected chi connectivity index (χ4v) is 1.38. The van der Waals surface area contributed by atoms with Crippen molar-refractivity contribution in [2.75, 3.05) is 6.26 Å². The minimum absolute atomic E-state index is 0.227. The van der Waals surface area contributed by atoms with Crippen LogP contribution in [0.3, 0.4) is 0 Å². The molecule has 2 N–H and O–H groups in total. The Bertz CT molecular complexity index is 451. The van der Waals surface area contributed by atoms with E-state index < -0.39 is 33.4 Å². The molecule has 0 aromatic rings. The molecule has 0 fully saturated rings. The Hall–Kier alpha value is -1.28. The summed E-state index contributed by atoms with van der Waals surface area (Å²) in [5.74, 6) is 2.30. The topological polar surface area (TPSA) is 93.7 Å². The maximum absolute atomic E-state index is 11.8. The standard InChI is InChI=1S/C12H24N2O5S/c1-8(2)9(10(15)19-14-20(6,7)17)13-11(16)18-12(3,4)5/h8-9H,6H2,1-5,7H3,(H,13,16)(H,14,17)/t9-,20?/m0/s1. The van der Waals surface area contributed by atoms with Crippen molar-refractivity contribution < 1.29 is 23.4 Å². The summed E-state index contributed by atoms with van der Waals surface area (Å²) in [6, 6.07) is -0.918. The molecular formula is C12H24N2O5S. The van der Waals surface area contributed by atoms with Gasteiger partial charge in [0, 0.05) is 6.26 Å². The molecule has 0 bridgehead atoms. The second kappa shape index (κ2) is 6.94. The Morgan fingerprint density at radius 2 is 1.75 bits per heavy atom. The maximum Gasteiger partial charge on any atom is 0.408 e. The smallest absolute Gasteiger partial charge is 0.408 e. The fourth-order valence-electron chi connectivity index (χ4n) is 1.12. The highest BCUT2D eigenvalue weighted by atomic mass is 32.2. The number of carbonyl (C=O) groups excluding carboxylic acids is 2. The lowest BCUT2D eigenvalue weighted by atomic mass is 10.1. The molecule has 0 heterocycles. The van der Waals surface area contributed by atoms with Crippen LogP contribution in [0.25, 0.3) is 0 Å². The molecule has 0 saturated carbocycles. The number of hydrogen-bond donors (Lipinski definition) is 2. The van der Waals surface area contributed by atoms with Crippen molar-refractivity contribution in [1.82, 2.24) is 10.2 Å². The first-order valence-electron chi connectivity index (χ1n) is 6.11. The van der Waals surface area contributed by atoms with Crippen molar-refractivity contribution in [3.63, 3.8) is 0 Å². The van der Waals surface area contributed by atoms with Crippen LogP contribution in [-0.2, 0) is 24.1 Å². The Morgan fingerprint density at radius 3 is 2.10 bits per heavy atom. The summed E-state index contributed by atoms with van der Waals surface area (Å²) in [5, 5.41) is 2.42. The quantitative estimate of drug-likeness (QED) is 0.580. The van der Waals surface area contributed by atoms with Gasteiger partial charge in [0.2, 0.25) is 0 Å². The molecule has 0 aliphatic rings. The van der Waals surface area contributed by atoms with Crippen LogP contribution in [0.1, 0.15) is 34.6 Å². The Labute approximate surface area is 120 Å². The van der Waals surface area contributed by atoms with E-state index in [4.69, 9.17) is 4.74 Å². The molecule has 1 amide bonds. The number of rotatable bonds is 5. The summed E-state index contributed by atoms with van der Waals surface area (Å²) in [6.07, 6.45) is 0.561. The summed E-state index contributed by atoms with van der Waals surface area (Å²) < 4.78 is 16.3. The predicted octanol–water partition coefficient (Wildman–Crippen LogP) is 0.845. The lowest BCUT2D eigenvalue weighted by Crippen LogP contribution is -2.48. The largest absolute Gasteiger partial charge is 0.444 e. The van der Waals surface area contributed by atoms with E-state index in [-0.39, 0.29) is 5.92 Å². The van der Waals surface area contributed by atoms with Crippen LogP contribution in [0.15, 0.2) is 0 Å². The second-order valence-electron chi connectivity index (χ2n) is 5.88. The van der Waals surface area contributed by atoms with Crippen molar-refractivity contribution in [2.24, 2.45) is 5.92 Å². The van der Waals surface area contributed by atoms with Crippen LogP contribution < -0.4 is 10.2 Å². The van der Waals surface area contributed by atoms with Crippen molar-refractivity contribution in [2.45, 2.75) is 46.3 Å². The number of nitrogens with one attached hydrogen (secondary N) is 2. The van der Waals surface area contributed by atoms with Gasteiger partial charge in [-0.15, -0.1) is 0 Å². The van der Waals surface area contributed by atoms with E-state index in [1.54, 1.807) is 34.6 Å². The van der Waals surface area contributed by atoms with E-state index in [1.165, 1.54) is 6.26 Å². The Kier molecular flexibility index (Phi) is 6.49. The number of ether oxygens (including phenoxy) is 1. The van der Waals surface area contributed by atoms with Gasteiger partial charge in [-0.3, -0.25) is 4.21 Å². The van der Waals surface area contributed by atoms with E-state index in [0.29, 0.717) is 0 Å². The summed E-state index contributed by atoms with van der Waals surface area (Å²) in [7, 11) is -2.67. The first-order chi connectivity index (χ1) is 8.82.